The first-order chi connectivity index (χ1) is 13.6. The SMILES string of the molecule is CCCCNS(=O)(=O)c1ccc(OCC(=O)Nc2ccc(C(F)(F)F)cc2)cc1. The van der Waals surface area contributed by atoms with Crippen molar-refractivity contribution < 1.29 is 31.1 Å². The van der Waals surface area contributed by atoms with Crippen LogP contribution in [0, 0.1) is 0 Å². The number of amides is 1. The van der Waals surface area contributed by atoms with Gasteiger partial charge in [0.2, 0.25) is 10.0 Å². The van der Waals surface area contributed by atoms with E-state index in [0.717, 1.165) is 37.1 Å². The van der Waals surface area contributed by atoms with Crippen LogP contribution in [0.25, 0.3) is 0 Å². The maximum absolute atomic E-state index is 12.5. The van der Waals surface area contributed by atoms with Gasteiger partial charge in [-0.05, 0) is 55.0 Å². The molecule has 158 valence electrons. The van der Waals surface area contributed by atoms with E-state index in [-0.39, 0.29) is 22.9 Å². The zero-order chi connectivity index (χ0) is 21.5. The van der Waals surface area contributed by atoms with Gasteiger partial charge in [-0.2, -0.15) is 13.2 Å². The van der Waals surface area contributed by atoms with Gasteiger partial charge in [0.05, 0.1) is 10.5 Å². The molecule has 2 aromatic rings. The van der Waals surface area contributed by atoms with Crippen LogP contribution < -0.4 is 14.8 Å². The molecule has 0 aliphatic carbocycles. The fourth-order valence-corrected chi connectivity index (χ4v) is 3.34. The molecule has 0 saturated carbocycles. The number of benzene rings is 2. The largest absolute Gasteiger partial charge is 0.484 e. The van der Waals surface area contributed by atoms with E-state index < -0.39 is 27.7 Å². The van der Waals surface area contributed by atoms with E-state index in [9.17, 15) is 26.4 Å². The molecule has 2 aromatic carbocycles. The Hall–Kier alpha value is -2.59. The van der Waals surface area contributed by atoms with E-state index in [4.69, 9.17) is 4.74 Å². The summed E-state index contributed by atoms with van der Waals surface area (Å²) in [6.45, 7) is 1.91. The number of alkyl halides is 3. The van der Waals surface area contributed by atoms with Crippen molar-refractivity contribution in [2.75, 3.05) is 18.5 Å². The molecule has 29 heavy (non-hydrogen) atoms. The lowest BCUT2D eigenvalue weighted by Gasteiger charge is -2.10. The maximum atomic E-state index is 12.5. The Morgan fingerprint density at radius 1 is 1.03 bits per heavy atom. The normalized spacial score (nSPS) is 11.9. The molecule has 0 atom stereocenters. The summed E-state index contributed by atoms with van der Waals surface area (Å²) >= 11 is 0. The smallest absolute Gasteiger partial charge is 0.416 e. The lowest BCUT2D eigenvalue weighted by molar-refractivity contribution is -0.137. The molecule has 1 amide bonds. The van der Waals surface area contributed by atoms with E-state index >= 15 is 0 Å². The molecule has 0 aliphatic heterocycles. The van der Waals surface area contributed by atoms with Crippen LogP contribution in [0.1, 0.15) is 25.3 Å². The zero-order valence-electron chi connectivity index (χ0n) is 15.6. The van der Waals surface area contributed by atoms with Gasteiger partial charge in [-0.1, -0.05) is 13.3 Å². The predicted molar refractivity (Wildman–Crippen MR) is 102 cm³/mol. The van der Waals surface area contributed by atoms with Crippen molar-refractivity contribution in [3.8, 4) is 5.75 Å². The molecule has 10 heteroatoms. The highest BCUT2D eigenvalue weighted by atomic mass is 32.2. The highest BCUT2D eigenvalue weighted by Gasteiger charge is 2.30. The molecule has 6 nitrogen and oxygen atoms in total. The summed E-state index contributed by atoms with van der Waals surface area (Å²) in [5.74, 6) is -0.289. The van der Waals surface area contributed by atoms with Crippen LogP contribution in [-0.4, -0.2) is 27.5 Å². The Kier molecular flexibility index (Phi) is 7.63. The molecule has 0 fully saturated rings. The van der Waals surface area contributed by atoms with Crippen molar-refractivity contribution in [2.45, 2.75) is 30.8 Å². The number of anilines is 1. The van der Waals surface area contributed by atoms with Crippen molar-refractivity contribution in [1.29, 1.82) is 0 Å². The third kappa shape index (κ3) is 7.06. The standard InChI is InChI=1S/C19H21F3N2O4S/c1-2-3-12-23-29(26,27)17-10-8-16(9-11-17)28-13-18(25)24-15-6-4-14(5-7-15)19(20,21)22/h4-11,23H,2-3,12-13H2,1H3,(H,24,25). The molecule has 0 unspecified atom stereocenters. The van der Waals surface area contributed by atoms with Crippen LogP contribution in [0.4, 0.5) is 18.9 Å². The number of unbranched alkanes of at least 4 members (excludes halogenated alkanes) is 1. The molecule has 2 rings (SSSR count). The van der Waals surface area contributed by atoms with Gasteiger partial charge in [-0.25, -0.2) is 13.1 Å². The average Bonchev–Trinajstić information content (AvgIpc) is 2.66. The van der Waals surface area contributed by atoms with Gasteiger partial charge in [-0.15, -0.1) is 0 Å². The van der Waals surface area contributed by atoms with Crippen LogP contribution in [0.3, 0.4) is 0 Å². The molecule has 0 aliphatic rings. The number of nitrogens with one attached hydrogen (secondary N) is 2. The summed E-state index contributed by atoms with van der Waals surface area (Å²) in [5.41, 5.74) is -0.614. The summed E-state index contributed by atoms with van der Waals surface area (Å²) in [6.07, 6.45) is -2.85. The molecule has 0 saturated heterocycles. The summed E-state index contributed by atoms with van der Waals surface area (Å²) in [4.78, 5) is 12.0. The minimum absolute atomic E-state index is 0.0789. The minimum Gasteiger partial charge on any atom is -0.484 e. The van der Waals surface area contributed by atoms with E-state index in [1.165, 1.54) is 24.3 Å². The second-order valence-electron chi connectivity index (χ2n) is 6.13. The van der Waals surface area contributed by atoms with Crippen molar-refractivity contribution in [3.63, 3.8) is 0 Å². The summed E-state index contributed by atoms with van der Waals surface area (Å²) < 4.78 is 69.5. The average molecular weight is 430 g/mol. The molecule has 2 N–H and O–H groups in total. The number of ether oxygens (including phenoxy) is 1. The molecule has 0 bridgehead atoms. The Labute approximate surface area is 167 Å². The number of rotatable bonds is 9. The lowest BCUT2D eigenvalue weighted by Crippen LogP contribution is -2.24. The zero-order valence-corrected chi connectivity index (χ0v) is 16.4. The summed E-state index contributed by atoms with van der Waals surface area (Å²) in [5, 5.41) is 2.42. The van der Waals surface area contributed by atoms with Crippen molar-refractivity contribution in [1.82, 2.24) is 4.72 Å². The first kappa shape index (κ1) is 22.7. The van der Waals surface area contributed by atoms with Gasteiger partial charge >= 0.3 is 6.18 Å². The van der Waals surface area contributed by atoms with Gasteiger partial charge in [-0.3, -0.25) is 4.79 Å². The van der Waals surface area contributed by atoms with Crippen LogP contribution in [-0.2, 0) is 21.0 Å². The predicted octanol–water partition coefficient (Wildman–Crippen LogP) is 3.80. The number of hydrogen-bond donors (Lipinski definition) is 2. The van der Waals surface area contributed by atoms with Crippen LogP contribution in [0.5, 0.6) is 5.75 Å². The van der Waals surface area contributed by atoms with E-state index in [2.05, 4.69) is 10.0 Å². The first-order valence-corrected chi connectivity index (χ1v) is 10.3. The number of sulfonamides is 1. The topological polar surface area (TPSA) is 84.5 Å². The van der Waals surface area contributed by atoms with Crippen molar-refractivity contribution in [3.05, 3.63) is 54.1 Å². The monoisotopic (exact) mass is 430 g/mol. The Bertz CT molecular complexity index is 912. The Morgan fingerprint density at radius 3 is 2.21 bits per heavy atom. The fraction of sp³-hybridized carbons (Fsp3) is 0.316. The first-order valence-electron chi connectivity index (χ1n) is 8.81. The van der Waals surface area contributed by atoms with Gasteiger partial charge in [0.15, 0.2) is 6.61 Å². The second-order valence-corrected chi connectivity index (χ2v) is 7.90. The van der Waals surface area contributed by atoms with E-state index in [1.54, 1.807) is 0 Å². The highest BCUT2D eigenvalue weighted by Crippen LogP contribution is 2.29. The number of carbonyl (C=O) groups excluding carboxylic acids is 1. The van der Waals surface area contributed by atoms with Gasteiger partial charge in [0.25, 0.3) is 5.91 Å². The van der Waals surface area contributed by atoms with Gasteiger partial charge < -0.3 is 10.1 Å². The third-order valence-electron chi connectivity index (χ3n) is 3.82. The quantitative estimate of drug-likeness (QED) is 0.593. The fourth-order valence-electron chi connectivity index (χ4n) is 2.27. The summed E-state index contributed by atoms with van der Waals surface area (Å²) in [6, 6.07) is 9.57. The van der Waals surface area contributed by atoms with Gasteiger partial charge in [0.1, 0.15) is 5.75 Å². The molecule has 0 aromatic heterocycles. The number of hydrogen-bond acceptors (Lipinski definition) is 4. The molecule has 0 spiro atoms. The van der Waals surface area contributed by atoms with E-state index in [1.807, 2.05) is 6.92 Å². The van der Waals surface area contributed by atoms with Crippen molar-refractivity contribution >= 4 is 21.6 Å². The third-order valence-corrected chi connectivity index (χ3v) is 5.30. The number of carbonyl (C=O) groups is 1. The second kappa shape index (κ2) is 9.75. The molecular weight excluding hydrogens is 409 g/mol. The van der Waals surface area contributed by atoms with Gasteiger partial charge in [0, 0.05) is 12.2 Å². The lowest BCUT2D eigenvalue weighted by atomic mass is 10.2. The minimum atomic E-state index is -4.45. The van der Waals surface area contributed by atoms with Crippen LogP contribution in [0.2, 0.25) is 0 Å². The van der Waals surface area contributed by atoms with Crippen LogP contribution >= 0.6 is 0 Å². The Morgan fingerprint density at radius 2 is 1.66 bits per heavy atom. The Balaban J connectivity index is 1.87. The van der Waals surface area contributed by atoms with Crippen molar-refractivity contribution in [2.24, 2.45) is 0 Å². The molecule has 0 radical (unpaired) electrons. The molecule has 0 heterocycles. The highest BCUT2D eigenvalue weighted by molar-refractivity contribution is 7.89. The van der Waals surface area contributed by atoms with E-state index in [0.29, 0.717) is 6.54 Å². The number of halogens is 3. The summed E-state index contributed by atoms with van der Waals surface area (Å²) in [7, 11) is -3.60. The van der Waals surface area contributed by atoms with Crippen LogP contribution in [0.15, 0.2) is 53.4 Å². The molecular formula is C19H21F3N2O4S. The maximum Gasteiger partial charge on any atom is 0.416 e.